The Bertz CT molecular complexity index is 581. The fourth-order valence-electron chi connectivity index (χ4n) is 4.73. The molecule has 0 spiro atoms. The Labute approximate surface area is 256 Å². The number of unbranched alkanes of at least 4 members (excludes halogenated alkanes) is 22. The number of aliphatic carboxylic acids is 1. The highest BCUT2D eigenvalue weighted by atomic mass is 16.5. The van der Waals surface area contributed by atoms with E-state index in [1.54, 1.807) is 0 Å². The van der Waals surface area contributed by atoms with Crippen molar-refractivity contribution >= 4 is 11.9 Å². The van der Waals surface area contributed by atoms with Crippen molar-refractivity contribution in [2.45, 2.75) is 194 Å². The standard InChI is InChI=1S/C22H42O2.C15H28O2/c1-3-4-5-6-7-8-9-10-11-12-13-14-15-16-17-18-19-20-21-24-22(2)23;1-2-3-4-5-6-7-8-9-10-11-12-13-14-15(16)17/h6-7H,3-5,8-21H2,1-2H3;4-5H,2-3,6-14H2,1H3,(H,16,17)/b7-6-;5-4-. The van der Waals surface area contributed by atoms with E-state index in [9.17, 15) is 9.59 Å². The maximum Gasteiger partial charge on any atom is 0.303 e. The second-order valence-corrected chi connectivity index (χ2v) is 11.7. The normalized spacial score (nSPS) is 11.2. The lowest BCUT2D eigenvalue weighted by molar-refractivity contribution is -0.141. The molecule has 0 aliphatic carbocycles. The number of carboxylic acid groups (broad SMARTS) is 1. The smallest absolute Gasteiger partial charge is 0.303 e. The molecule has 0 saturated heterocycles. The van der Waals surface area contributed by atoms with Gasteiger partial charge >= 0.3 is 11.9 Å². The second kappa shape index (κ2) is 38.4. The van der Waals surface area contributed by atoms with Gasteiger partial charge in [0.05, 0.1) is 6.61 Å². The summed E-state index contributed by atoms with van der Waals surface area (Å²) in [5.41, 5.74) is 0. The maximum absolute atomic E-state index is 10.6. The van der Waals surface area contributed by atoms with E-state index >= 15 is 0 Å². The van der Waals surface area contributed by atoms with Crippen LogP contribution in [0.1, 0.15) is 194 Å². The Morgan fingerprint density at radius 1 is 0.488 bits per heavy atom. The maximum atomic E-state index is 10.6. The minimum absolute atomic E-state index is 0.154. The molecule has 4 heteroatoms. The number of ether oxygens (including phenoxy) is 1. The van der Waals surface area contributed by atoms with Crippen LogP contribution in [0, 0.1) is 0 Å². The number of rotatable bonds is 30. The van der Waals surface area contributed by atoms with Gasteiger partial charge in [0.1, 0.15) is 0 Å². The lowest BCUT2D eigenvalue weighted by Gasteiger charge is -2.03. The number of esters is 1. The first-order valence-electron chi connectivity index (χ1n) is 17.7. The molecule has 41 heavy (non-hydrogen) atoms. The fourth-order valence-corrected chi connectivity index (χ4v) is 4.73. The molecule has 0 saturated carbocycles. The van der Waals surface area contributed by atoms with Gasteiger partial charge in [0.2, 0.25) is 0 Å². The second-order valence-electron chi connectivity index (χ2n) is 11.7. The summed E-state index contributed by atoms with van der Waals surface area (Å²) in [6.45, 7) is 6.53. The van der Waals surface area contributed by atoms with Crippen LogP contribution in [0.15, 0.2) is 24.3 Å². The quantitative estimate of drug-likeness (QED) is 0.0523. The van der Waals surface area contributed by atoms with Crippen LogP contribution in [0.3, 0.4) is 0 Å². The van der Waals surface area contributed by atoms with Crippen LogP contribution >= 0.6 is 0 Å². The minimum Gasteiger partial charge on any atom is -0.481 e. The zero-order valence-corrected chi connectivity index (χ0v) is 27.8. The van der Waals surface area contributed by atoms with Crippen molar-refractivity contribution in [3.8, 4) is 0 Å². The van der Waals surface area contributed by atoms with Crippen molar-refractivity contribution in [3.63, 3.8) is 0 Å². The number of hydrogen-bond donors (Lipinski definition) is 1. The molecule has 0 aromatic heterocycles. The average molecular weight is 579 g/mol. The van der Waals surface area contributed by atoms with Gasteiger partial charge in [0.25, 0.3) is 0 Å². The van der Waals surface area contributed by atoms with Crippen molar-refractivity contribution in [1.29, 1.82) is 0 Å². The predicted molar refractivity (Wildman–Crippen MR) is 179 cm³/mol. The van der Waals surface area contributed by atoms with Gasteiger partial charge in [0.15, 0.2) is 0 Å². The van der Waals surface area contributed by atoms with Gasteiger partial charge in [-0.3, -0.25) is 9.59 Å². The van der Waals surface area contributed by atoms with E-state index in [4.69, 9.17) is 9.84 Å². The summed E-state index contributed by atoms with van der Waals surface area (Å²) < 4.78 is 4.93. The highest BCUT2D eigenvalue weighted by Gasteiger charge is 1.97. The monoisotopic (exact) mass is 579 g/mol. The molecule has 0 fully saturated rings. The lowest BCUT2D eigenvalue weighted by atomic mass is 10.0. The van der Waals surface area contributed by atoms with Crippen molar-refractivity contribution in [3.05, 3.63) is 24.3 Å². The third-order valence-electron chi connectivity index (χ3n) is 7.34. The summed E-state index contributed by atoms with van der Waals surface area (Å²) in [6, 6.07) is 0. The molecule has 0 bridgehead atoms. The molecule has 4 nitrogen and oxygen atoms in total. The molecule has 0 amide bonds. The van der Waals surface area contributed by atoms with Gasteiger partial charge < -0.3 is 9.84 Å². The third kappa shape index (κ3) is 45.6. The number of carbonyl (C=O) groups is 2. The van der Waals surface area contributed by atoms with Gasteiger partial charge in [-0.25, -0.2) is 0 Å². The van der Waals surface area contributed by atoms with Crippen LogP contribution in [0.25, 0.3) is 0 Å². The molecule has 0 rings (SSSR count). The molecular weight excluding hydrogens is 508 g/mol. The molecule has 0 atom stereocenters. The van der Waals surface area contributed by atoms with Crippen molar-refractivity contribution in [1.82, 2.24) is 0 Å². The SMILES string of the molecule is CCC/C=C\CCCCCCCCCC(=O)O.CCCC/C=C\CCCCCCCCCCCCCCOC(C)=O. The van der Waals surface area contributed by atoms with Crippen molar-refractivity contribution in [2.24, 2.45) is 0 Å². The fraction of sp³-hybridized carbons (Fsp3) is 0.838. The Hall–Kier alpha value is -1.58. The summed E-state index contributed by atoms with van der Waals surface area (Å²) in [5.74, 6) is -0.817. The Balaban J connectivity index is 0. The van der Waals surface area contributed by atoms with Gasteiger partial charge in [-0.2, -0.15) is 0 Å². The van der Waals surface area contributed by atoms with E-state index < -0.39 is 5.97 Å². The Morgan fingerprint density at radius 2 is 0.854 bits per heavy atom. The first-order valence-corrected chi connectivity index (χ1v) is 17.7. The average Bonchev–Trinajstić information content (AvgIpc) is 2.95. The summed E-state index contributed by atoms with van der Waals surface area (Å²) in [6.07, 6.45) is 42.8. The van der Waals surface area contributed by atoms with Crippen LogP contribution < -0.4 is 0 Å². The summed E-state index contributed by atoms with van der Waals surface area (Å²) in [7, 11) is 0. The minimum atomic E-state index is -0.663. The third-order valence-corrected chi connectivity index (χ3v) is 7.34. The van der Waals surface area contributed by atoms with E-state index in [0.717, 1.165) is 19.3 Å². The van der Waals surface area contributed by atoms with Gasteiger partial charge in [0, 0.05) is 13.3 Å². The van der Waals surface area contributed by atoms with E-state index in [2.05, 4.69) is 38.2 Å². The molecule has 0 aliphatic heterocycles. The zero-order valence-electron chi connectivity index (χ0n) is 27.8. The zero-order chi connectivity index (χ0) is 30.5. The molecule has 0 aromatic rings. The Kier molecular flexibility index (Phi) is 38.9. The summed E-state index contributed by atoms with van der Waals surface area (Å²) >= 11 is 0. The number of hydrogen-bond acceptors (Lipinski definition) is 3. The molecule has 242 valence electrons. The lowest BCUT2D eigenvalue weighted by Crippen LogP contribution is -2.00. The van der Waals surface area contributed by atoms with E-state index in [0.29, 0.717) is 13.0 Å². The highest BCUT2D eigenvalue weighted by Crippen LogP contribution is 2.13. The number of carboxylic acids is 1. The first-order chi connectivity index (χ1) is 20.0. The van der Waals surface area contributed by atoms with Gasteiger partial charge in [-0.05, 0) is 51.4 Å². The van der Waals surface area contributed by atoms with Crippen LogP contribution in [0.4, 0.5) is 0 Å². The largest absolute Gasteiger partial charge is 0.481 e. The molecule has 1 N–H and O–H groups in total. The van der Waals surface area contributed by atoms with E-state index in [-0.39, 0.29) is 5.97 Å². The number of allylic oxidation sites excluding steroid dienone is 4. The van der Waals surface area contributed by atoms with E-state index in [1.165, 1.54) is 155 Å². The molecular formula is C37H70O4. The molecule has 0 radical (unpaired) electrons. The molecule has 0 aliphatic rings. The molecule has 0 aromatic carbocycles. The summed E-state index contributed by atoms with van der Waals surface area (Å²) in [4.78, 5) is 20.9. The van der Waals surface area contributed by atoms with Gasteiger partial charge in [-0.15, -0.1) is 0 Å². The van der Waals surface area contributed by atoms with Crippen LogP contribution in [0.2, 0.25) is 0 Å². The van der Waals surface area contributed by atoms with Crippen LogP contribution in [-0.4, -0.2) is 23.7 Å². The van der Waals surface area contributed by atoms with Crippen molar-refractivity contribution in [2.75, 3.05) is 6.61 Å². The predicted octanol–water partition coefficient (Wildman–Crippen LogP) is 12.3. The van der Waals surface area contributed by atoms with E-state index in [1.807, 2.05) is 0 Å². The van der Waals surface area contributed by atoms with Gasteiger partial charge in [-0.1, -0.05) is 154 Å². The topological polar surface area (TPSA) is 63.6 Å². The van der Waals surface area contributed by atoms with Crippen molar-refractivity contribution < 1.29 is 19.4 Å². The molecule has 0 heterocycles. The summed E-state index contributed by atoms with van der Waals surface area (Å²) in [5, 5.41) is 8.47. The Morgan fingerprint density at radius 3 is 1.24 bits per heavy atom. The number of carbonyl (C=O) groups excluding carboxylic acids is 1. The highest BCUT2D eigenvalue weighted by molar-refractivity contribution is 5.66. The molecule has 0 unspecified atom stereocenters. The first kappa shape index (κ1) is 41.6. The van der Waals surface area contributed by atoms with Crippen LogP contribution in [0.5, 0.6) is 0 Å². The van der Waals surface area contributed by atoms with Crippen LogP contribution in [-0.2, 0) is 14.3 Å².